The third kappa shape index (κ3) is 2.41. The van der Waals surface area contributed by atoms with Crippen LogP contribution in [0, 0.1) is 0 Å². The Morgan fingerprint density at radius 2 is 2.28 bits per heavy atom. The van der Waals surface area contributed by atoms with Crippen LogP contribution in [0.5, 0.6) is 0 Å². The number of hydrogen-bond acceptors (Lipinski definition) is 3. The molecule has 1 saturated heterocycles. The van der Waals surface area contributed by atoms with Gasteiger partial charge in [-0.1, -0.05) is 0 Å². The highest BCUT2D eigenvalue weighted by atomic mass is 79.9. The van der Waals surface area contributed by atoms with Gasteiger partial charge in [0.25, 0.3) is 0 Å². The molecule has 1 aliphatic rings. The van der Waals surface area contributed by atoms with E-state index in [-0.39, 0.29) is 0 Å². The van der Waals surface area contributed by atoms with Gasteiger partial charge in [0, 0.05) is 42.1 Å². The Kier molecular flexibility index (Phi) is 3.32. The van der Waals surface area contributed by atoms with Gasteiger partial charge in [-0.15, -0.1) is 0 Å². The summed E-state index contributed by atoms with van der Waals surface area (Å²) in [5.41, 5.74) is 0. The Bertz CT molecular complexity index is 494. The number of nitrogens with one attached hydrogen (secondary N) is 1. The fraction of sp³-hybridized carbons (Fsp3) is 0.385. The molecule has 18 heavy (non-hydrogen) atoms. The molecule has 0 radical (unpaired) electrons. The number of nitrogens with zero attached hydrogens (tertiary/aromatic N) is 3. The zero-order valence-electron chi connectivity index (χ0n) is 10.0. The van der Waals surface area contributed by atoms with E-state index in [0.29, 0.717) is 5.92 Å². The summed E-state index contributed by atoms with van der Waals surface area (Å²) in [6.07, 6.45) is 7.95. The molecule has 0 aliphatic carbocycles. The maximum atomic E-state index is 4.47. The lowest BCUT2D eigenvalue weighted by Crippen LogP contribution is -2.35. The highest BCUT2D eigenvalue weighted by molar-refractivity contribution is 9.10. The van der Waals surface area contributed by atoms with Crippen LogP contribution in [0.1, 0.15) is 24.6 Å². The first-order chi connectivity index (χ1) is 8.83. The van der Waals surface area contributed by atoms with Crippen molar-refractivity contribution in [3.05, 3.63) is 41.0 Å². The largest absolute Gasteiger partial charge is 0.356 e. The van der Waals surface area contributed by atoms with Crippen LogP contribution in [0.2, 0.25) is 0 Å². The molecule has 0 amide bonds. The smallest absolute Gasteiger partial charge is 0.128 e. The number of aromatic nitrogens is 3. The first-order valence-electron chi connectivity index (χ1n) is 6.19. The number of piperidine rings is 1. The Hall–Kier alpha value is -1.36. The molecule has 5 heteroatoms. The second kappa shape index (κ2) is 5.10. The highest BCUT2D eigenvalue weighted by Gasteiger charge is 2.23. The number of hydrogen-bond donors (Lipinski definition) is 1. The molecule has 3 heterocycles. The van der Waals surface area contributed by atoms with Gasteiger partial charge in [-0.05, 0) is 40.9 Å². The van der Waals surface area contributed by atoms with E-state index in [2.05, 4.69) is 41.8 Å². The summed E-state index contributed by atoms with van der Waals surface area (Å²) < 4.78 is 1.02. The van der Waals surface area contributed by atoms with Crippen LogP contribution in [-0.2, 0) is 0 Å². The molecule has 0 aromatic carbocycles. The first-order valence-corrected chi connectivity index (χ1v) is 6.98. The molecule has 1 fully saturated rings. The van der Waals surface area contributed by atoms with Gasteiger partial charge in [0.1, 0.15) is 11.6 Å². The normalized spacial score (nSPS) is 20.1. The lowest BCUT2D eigenvalue weighted by molar-refractivity contribution is 0.491. The maximum absolute atomic E-state index is 4.47. The highest BCUT2D eigenvalue weighted by Crippen LogP contribution is 2.27. The molecule has 1 N–H and O–H groups in total. The van der Waals surface area contributed by atoms with E-state index in [1.165, 1.54) is 12.8 Å². The Labute approximate surface area is 115 Å². The van der Waals surface area contributed by atoms with Gasteiger partial charge in [-0.2, -0.15) is 0 Å². The Morgan fingerprint density at radius 1 is 1.33 bits per heavy atom. The van der Waals surface area contributed by atoms with Gasteiger partial charge >= 0.3 is 0 Å². The molecule has 2 aromatic heterocycles. The summed E-state index contributed by atoms with van der Waals surface area (Å²) in [6.45, 7) is 2.06. The molecule has 0 saturated carbocycles. The van der Waals surface area contributed by atoms with Crippen LogP contribution in [0.3, 0.4) is 0 Å². The van der Waals surface area contributed by atoms with Crippen molar-refractivity contribution in [2.45, 2.75) is 18.8 Å². The van der Waals surface area contributed by atoms with Gasteiger partial charge in [0.05, 0.1) is 0 Å². The quantitative estimate of drug-likeness (QED) is 0.928. The summed E-state index contributed by atoms with van der Waals surface area (Å²) in [5.74, 6) is 2.63. The third-order valence-corrected chi connectivity index (χ3v) is 3.83. The minimum Gasteiger partial charge on any atom is -0.356 e. The van der Waals surface area contributed by atoms with E-state index in [0.717, 1.165) is 29.2 Å². The van der Waals surface area contributed by atoms with Crippen molar-refractivity contribution >= 4 is 21.7 Å². The van der Waals surface area contributed by atoms with Gasteiger partial charge in [-0.3, -0.25) is 0 Å². The molecule has 1 aliphatic heterocycles. The second-order valence-electron chi connectivity index (χ2n) is 4.59. The average Bonchev–Trinajstić information content (AvgIpc) is 2.94. The van der Waals surface area contributed by atoms with Gasteiger partial charge in [0.2, 0.25) is 0 Å². The number of H-pyrrole nitrogens is 1. The molecular weight excluding hydrogens is 292 g/mol. The summed E-state index contributed by atoms with van der Waals surface area (Å²) in [6, 6.07) is 4.10. The average molecular weight is 307 g/mol. The predicted molar refractivity (Wildman–Crippen MR) is 74.7 cm³/mol. The van der Waals surface area contributed by atoms with Crippen molar-refractivity contribution in [1.29, 1.82) is 0 Å². The van der Waals surface area contributed by atoms with Crippen molar-refractivity contribution in [3.8, 4) is 0 Å². The van der Waals surface area contributed by atoms with Crippen molar-refractivity contribution in [2.24, 2.45) is 0 Å². The molecule has 94 valence electrons. The number of rotatable bonds is 2. The van der Waals surface area contributed by atoms with Crippen molar-refractivity contribution in [3.63, 3.8) is 0 Å². The molecule has 3 rings (SSSR count). The van der Waals surface area contributed by atoms with Gasteiger partial charge < -0.3 is 9.88 Å². The summed E-state index contributed by atoms with van der Waals surface area (Å²) in [7, 11) is 0. The lowest BCUT2D eigenvalue weighted by Gasteiger charge is -2.32. The van der Waals surface area contributed by atoms with Crippen LogP contribution in [0.4, 0.5) is 5.82 Å². The number of aromatic amines is 1. The topological polar surface area (TPSA) is 44.8 Å². The number of anilines is 1. The SMILES string of the molecule is Brc1ccc(N2CCCC(c3ncc[nH]3)C2)nc1. The minimum atomic E-state index is 0.485. The van der Waals surface area contributed by atoms with Crippen LogP contribution < -0.4 is 4.90 Å². The van der Waals surface area contributed by atoms with E-state index in [1.807, 2.05) is 24.7 Å². The van der Waals surface area contributed by atoms with Crippen LogP contribution in [0.15, 0.2) is 35.2 Å². The number of halogens is 1. The Balaban J connectivity index is 1.76. The predicted octanol–water partition coefficient (Wildman–Crippen LogP) is 2.95. The van der Waals surface area contributed by atoms with Crippen molar-refractivity contribution < 1.29 is 0 Å². The molecule has 0 spiro atoms. The standard InChI is InChI=1S/C13H15BrN4/c14-11-3-4-12(17-8-11)18-7-1-2-10(9-18)13-15-5-6-16-13/h3-6,8,10H,1-2,7,9H2,(H,15,16). The van der Waals surface area contributed by atoms with E-state index in [4.69, 9.17) is 0 Å². The molecule has 0 bridgehead atoms. The van der Waals surface area contributed by atoms with E-state index >= 15 is 0 Å². The lowest BCUT2D eigenvalue weighted by atomic mass is 9.97. The maximum Gasteiger partial charge on any atom is 0.128 e. The van der Waals surface area contributed by atoms with Gasteiger partial charge in [0.15, 0.2) is 0 Å². The summed E-state index contributed by atoms with van der Waals surface area (Å²) in [5, 5.41) is 0. The van der Waals surface area contributed by atoms with E-state index in [9.17, 15) is 0 Å². The van der Waals surface area contributed by atoms with Crippen molar-refractivity contribution in [1.82, 2.24) is 15.0 Å². The van der Waals surface area contributed by atoms with Crippen LogP contribution >= 0.6 is 15.9 Å². The van der Waals surface area contributed by atoms with Gasteiger partial charge in [-0.25, -0.2) is 9.97 Å². The monoisotopic (exact) mass is 306 g/mol. The zero-order valence-corrected chi connectivity index (χ0v) is 11.6. The second-order valence-corrected chi connectivity index (χ2v) is 5.51. The van der Waals surface area contributed by atoms with Crippen LogP contribution in [-0.4, -0.2) is 28.0 Å². The first kappa shape index (κ1) is 11.7. The summed E-state index contributed by atoms with van der Waals surface area (Å²) in [4.78, 5) is 14.4. The molecule has 1 unspecified atom stereocenters. The number of pyridine rings is 1. The fourth-order valence-electron chi connectivity index (χ4n) is 2.46. The molecular formula is C13H15BrN4. The van der Waals surface area contributed by atoms with Crippen molar-refractivity contribution in [2.75, 3.05) is 18.0 Å². The minimum absolute atomic E-state index is 0.485. The third-order valence-electron chi connectivity index (χ3n) is 3.36. The van der Waals surface area contributed by atoms with E-state index in [1.54, 1.807) is 0 Å². The molecule has 2 aromatic rings. The zero-order chi connectivity index (χ0) is 12.4. The van der Waals surface area contributed by atoms with E-state index < -0.39 is 0 Å². The van der Waals surface area contributed by atoms with Crippen LogP contribution in [0.25, 0.3) is 0 Å². The Morgan fingerprint density at radius 3 is 3.00 bits per heavy atom. The number of imidazole rings is 1. The fourth-order valence-corrected chi connectivity index (χ4v) is 2.70. The summed E-state index contributed by atoms with van der Waals surface area (Å²) >= 11 is 3.42. The molecule has 4 nitrogen and oxygen atoms in total. The molecule has 1 atom stereocenters.